The van der Waals surface area contributed by atoms with Crippen LogP contribution in [0, 0.1) is 6.92 Å². The Balaban J connectivity index is 1.49. The monoisotopic (exact) mass is 427 g/mol. The molecule has 0 unspecified atom stereocenters. The Morgan fingerprint density at radius 1 is 1.06 bits per heavy atom. The lowest BCUT2D eigenvalue weighted by molar-refractivity contribution is 0.0692. The maximum Gasteiger partial charge on any atom is 0.339 e. The third kappa shape index (κ3) is 4.54. The number of nitrogens with zero attached hydrogens (tertiary/aromatic N) is 2. The summed E-state index contributed by atoms with van der Waals surface area (Å²) >= 11 is 0. The predicted molar refractivity (Wildman–Crippen MR) is 126 cm³/mol. The van der Waals surface area contributed by atoms with Gasteiger partial charge in [0.2, 0.25) is 0 Å². The molecule has 2 N–H and O–H groups in total. The molecule has 1 aromatic heterocycles. The molecule has 0 fully saturated rings. The molecule has 0 bridgehead atoms. The lowest BCUT2D eigenvalue weighted by Crippen LogP contribution is -2.08. The molecule has 162 valence electrons. The predicted octanol–water partition coefficient (Wildman–Crippen LogP) is 5.36. The Hall–Kier alpha value is -3.93. The fraction of sp³-hybridized carbons (Fsp3) is 0.192. The lowest BCUT2D eigenvalue weighted by atomic mass is 9.98. The van der Waals surface area contributed by atoms with Gasteiger partial charge in [-0.25, -0.2) is 14.8 Å². The average molecular weight is 428 g/mol. The number of benzene rings is 3. The van der Waals surface area contributed by atoms with Gasteiger partial charge in [0.15, 0.2) is 0 Å². The first-order valence-electron chi connectivity index (χ1n) is 10.6. The van der Waals surface area contributed by atoms with Crippen LogP contribution in [0.15, 0.2) is 67.0 Å². The second-order valence-electron chi connectivity index (χ2n) is 7.49. The van der Waals surface area contributed by atoms with Gasteiger partial charge in [-0.05, 0) is 54.3 Å². The molecule has 6 heteroatoms. The molecule has 0 aliphatic carbocycles. The van der Waals surface area contributed by atoms with E-state index in [1.54, 1.807) is 18.2 Å². The summed E-state index contributed by atoms with van der Waals surface area (Å²) in [5.74, 6) is 0.0279. The van der Waals surface area contributed by atoms with E-state index in [1.807, 2.05) is 13.0 Å². The van der Waals surface area contributed by atoms with Crippen LogP contribution in [0.4, 0.5) is 5.82 Å². The zero-order valence-electron chi connectivity index (χ0n) is 18.1. The van der Waals surface area contributed by atoms with Gasteiger partial charge >= 0.3 is 5.97 Å². The minimum Gasteiger partial charge on any atom is -0.493 e. The molecule has 0 aliphatic heterocycles. The Morgan fingerprint density at radius 3 is 2.72 bits per heavy atom. The average Bonchev–Trinajstić information content (AvgIpc) is 2.81. The molecule has 0 spiro atoms. The van der Waals surface area contributed by atoms with Gasteiger partial charge in [-0.2, -0.15) is 0 Å². The van der Waals surface area contributed by atoms with Gasteiger partial charge < -0.3 is 15.2 Å². The van der Waals surface area contributed by atoms with Crippen LogP contribution in [-0.2, 0) is 6.42 Å². The van der Waals surface area contributed by atoms with Gasteiger partial charge in [0.1, 0.15) is 23.5 Å². The van der Waals surface area contributed by atoms with E-state index in [9.17, 15) is 9.90 Å². The smallest absolute Gasteiger partial charge is 0.339 e. The molecule has 4 aromatic rings. The summed E-state index contributed by atoms with van der Waals surface area (Å²) < 4.78 is 5.51. The van der Waals surface area contributed by atoms with E-state index in [-0.39, 0.29) is 5.56 Å². The third-order valence-corrected chi connectivity index (χ3v) is 5.49. The number of rotatable bonds is 8. The van der Waals surface area contributed by atoms with Gasteiger partial charge in [0, 0.05) is 18.2 Å². The fourth-order valence-electron chi connectivity index (χ4n) is 3.81. The number of anilines is 1. The molecule has 0 radical (unpaired) electrons. The highest BCUT2D eigenvalue weighted by Crippen LogP contribution is 2.27. The van der Waals surface area contributed by atoms with Crippen LogP contribution < -0.4 is 10.1 Å². The van der Waals surface area contributed by atoms with Gasteiger partial charge in [0.05, 0.1) is 12.3 Å². The van der Waals surface area contributed by atoms with Crippen LogP contribution in [0.5, 0.6) is 5.75 Å². The topological polar surface area (TPSA) is 84.3 Å². The van der Waals surface area contributed by atoms with Crippen LogP contribution in [0.3, 0.4) is 0 Å². The van der Waals surface area contributed by atoms with Crippen molar-refractivity contribution in [3.05, 3.63) is 83.7 Å². The molecule has 32 heavy (non-hydrogen) atoms. The molecule has 1 heterocycles. The van der Waals surface area contributed by atoms with E-state index >= 15 is 0 Å². The van der Waals surface area contributed by atoms with E-state index in [1.165, 1.54) is 28.2 Å². The minimum atomic E-state index is -1.02. The molecule has 0 aliphatic rings. The normalized spacial score (nSPS) is 10.8. The molecular weight excluding hydrogens is 402 g/mol. The van der Waals surface area contributed by atoms with Crippen molar-refractivity contribution in [3.8, 4) is 17.0 Å². The first kappa shape index (κ1) is 21.3. The summed E-state index contributed by atoms with van der Waals surface area (Å²) in [5.41, 5.74) is 4.21. The second kappa shape index (κ2) is 9.47. The fourth-order valence-corrected chi connectivity index (χ4v) is 3.81. The van der Waals surface area contributed by atoms with Crippen molar-refractivity contribution in [1.82, 2.24) is 9.97 Å². The van der Waals surface area contributed by atoms with Crippen molar-refractivity contribution in [2.45, 2.75) is 20.3 Å². The Kier molecular flexibility index (Phi) is 6.31. The quantitative estimate of drug-likeness (QED) is 0.394. The van der Waals surface area contributed by atoms with Crippen molar-refractivity contribution >= 4 is 22.6 Å². The molecule has 0 saturated heterocycles. The van der Waals surface area contributed by atoms with Gasteiger partial charge in [-0.1, -0.05) is 42.5 Å². The molecule has 4 rings (SSSR count). The third-order valence-electron chi connectivity index (χ3n) is 5.49. The first-order valence-corrected chi connectivity index (χ1v) is 10.6. The van der Waals surface area contributed by atoms with Crippen LogP contribution in [0.1, 0.15) is 28.4 Å². The van der Waals surface area contributed by atoms with E-state index in [0.717, 1.165) is 18.5 Å². The highest BCUT2D eigenvalue weighted by Gasteiger charge is 2.13. The molecule has 6 nitrogen and oxygen atoms in total. The highest BCUT2D eigenvalue weighted by molar-refractivity contribution is 5.92. The molecule has 0 saturated carbocycles. The standard InChI is InChI=1S/C26H25N3O3/c1-3-32-24-14-20(10-11-22(24)26(30)31)23-15-25(29-16-28-23)27-13-12-18-8-9-19-6-4-5-7-21(19)17(18)2/h4-11,14-16H,3,12-13H2,1-2H3,(H,30,31)(H,27,28,29). The summed E-state index contributed by atoms with van der Waals surface area (Å²) in [5, 5.41) is 15.3. The highest BCUT2D eigenvalue weighted by atomic mass is 16.5. The summed E-state index contributed by atoms with van der Waals surface area (Å²) in [6.07, 6.45) is 2.38. The number of carboxylic acid groups (broad SMARTS) is 1. The number of aryl methyl sites for hydroxylation is 1. The van der Waals surface area contributed by atoms with Gasteiger partial charge in [0.25, 0.3) is 0 Å². The molecule has 0 amide bonds. The Morgan fingerprint density at radius 2 is 1.91 bits per heavy atom. The molecular formula is C26H25N3O3. The van der Waals surface area contributed by atoms with Crippen molar-refractivity contribution in [2.75, 3.05) is 18.5 Å². The number of fused-ring (bicyclic) bond motifs is 1. The van der Waals surface area contributed by atoms with E-state index in [2.05, 4.69) is 58.6 Å². The van der Waals surface area contributed by atoms with E-state index < -0.39 is 5.97 Å². The second-order valence-corrected chi connectivity index (χ2v) is 7.49. The Labute approximate surface area is 186 Å². The van der Waals surface area contributed by atoms with Crippen LogP contribution in [-0.4, -0.2) is 34.2 Å². The van der Waals surface area contributed by atoms with Crippen molar-refractivity contribution in [3.63, 3.8) is 0 Å². The number of aromatic carboxylic acids is 1. The number of carbonyl (C=O) groups is 1. The zero-order chi connectivity index (χ0) is 22.5. The van der Waals surface area contributed by atoms with Crippen LogP contribution >= 0.6 is 0 Å². The van der Waals surface area contributed by atoms with E-state index in [4.69, 9.17) is 4.74 Å². The van der Waals surface area contributed by atoms with Gasteiger partial charge in [-0.3, -0.25) is 0 Å². The number of ether oxygens (including phenoxy) is 1. The number of hydrogen-bond donors (Lipinski definition) is 2. The SMILES string of the molecule is CCOc1cc(-c2cc(NCCc3ccc4ccccc4c3C)ncn2)ccc1C(=O)O. The minimum absolute atomic E-state index is 0.133. The van der Waals surface area contributed by atoms with E-state index in [0.29, 0.717) is 23.9 Å². The van der Waals surface area contributed by atoms with Gasteiger partial charge in [-0.15, -0.1) is 0 Å². The maximum absolute atomic E-state index is 11.4. The summed E-state index contributed by atoms with van der Waals surface area (Å²) in [6, 6.07) is 19.6. The molecule has 0 atom stereocenters. The summed E-state index contributed by atoms with van der Waals surface area (Å²) in [6.45, 7) is 5.10. The van der Waals surface area contributed by atoms with Crippen molar-refractivity contribution < 1.29 is 14.6 Å². The number of hydrogen-bond acceptors (Lipinski definition) is 5. The van der Waals surface area contributed by atoms with Crippen LogP contribution in [0.25, 0.3) is 22.0 Å². The number of nitrogens with one attached hydrogen (secondary N) is 1. The zero-order valence-corrected chi connectivity index (χ0v) is 18.1. The molecule has 3 aromatic carbocycles. The lowest BCUT2D eigenvalue weighted by Gasteiger charge is -2.12. The van der Waals surface area contributed by atoms with Crippen molar-refractivity contribution in [1.29, 1.82) is 0 Å². The Bertz CT molecular complexity index is 1270. The maximum atomic E-state index is 11.4. The summed E-state index contributed by atoms with van der Waals surface area (Å²) in [4.78, 5) is 20.1. The number of aromatic nitrogens is 2. The van der Waals surface area contributed by atoms with Crippen molar-refractivity contribution in [2.24, 2.45) is 0 Å². The first-order chi connectivity index (χ1) is 15.6. The summed E-state index contributed by atoms with van der Waals surface area (Å²) in [7, 11) is 0. The number of carboxylic acids is 1. The van der Waals surface area contributed by atoms with Crippen LogP contribution in [0.2, 0.25) is 0 Å². The largest absolute Gasteiger partial charge is 0.493 e.